The number of ketones is 1. The van der Waals surface area contributed by atoms with Gasteiger partial charge in [0.2, 0.25) is 5.75 Å². The molecular weight excluding hydrogens is 364 g/mol. The van der Waals surface area contributed by atoms with Crippen molar-refractivity contribution in [1.82, 2.24) is 0 Å². The Labute approximate surface area is 160 Å². The van der Waals surface area contributed by atoms with Crippen LogP contribution in [-0.4, -0.2) is 32.2 Å². The minimum absolute atomic E-state index is 0.0305. The Bertz CT molecular complexity index is 1100. The molecule has 0 saturated carbocycles. The van der Waals surface area contributed by atoms with E-state index in [1.54, 1.807) is 18.2 Å². The van der Waals surface area contributed by atoms with Crippen LogP contribution in [0.5, 0.6) is 23.0 Å². The van der Waals surface area contributed by atoms with Gasteiger partial charge in [0.1, 0.15) is 16.9 Å². The van der Waals surface area contributed by atoms with E-state index in [0.29, 0.717) is 28.2 Å². The summed E-state index contributed by atoms with van der Waals surface area (Å²) >= 11 is 0. The Morgan fingerprint density at radius 1 is 1.00 bits per heavy atom. The fourth-order valence-corrected chi connectivity index (χ4v) is 2.73. The zero-order valence-corrected chi connectivity index (χ0v) is 15.5. The first kappa shape index (κ1) is 19.0. The molecule has 0 aliphatic carbocycles. The van der Waals surface area contributed by atoms with Crippen molar-refractivity contribution in [2.45, 2.75) is 0 Å². The van der Waals surface area contributed by atoms with Gasteiger partial charge in [-0.05, 0) is 42.0 Å². The molecule has 0 radical (unpaired) electrons. The summed E-state index contributed by atoms with van der Waals surface area (Å²) in [6.45, 7) is 0. The van der Waals surface area contributed by atoms with Crippen LogP contribution < -0.4 is 19.8 Å². The molecule has 1 heterocycles. The number of fused-ring (bicyclic) bond motifs is 1. The van der Waals surface area contributed by atoms with E-state index in [-0.39, 0.29) is 16.9 Å². The molecule has 0 aliphatic rings. The number of hydrogen-bond donors (Lipinski definition) is 1. The number of allylic oxidation sites excluding steroid dienone is 1. The standard InChI is InChI=1S/C21H18O7/c1-25-18-8-12(9-19(26-2)20(18)27-3)4-7-16(23)15-10-13-5-6-14(22)11-17(13)28-21(15)24/h4-11,22H,1-3H3/b7-4+. The zero-order chi connectivity index (χ0) is 20.3. The van der Waals surface area contributed by atoms with Crippen LogP contribution in [0.25, 0.3) is 17.0 Å². The molecule has 0 unspecified atom stereocenters. The molecule has 7 nitrogen and oxygen atoms in total. The van der Waals surface area contributed by atoms with E-state index in [1.165, 1.54) is 51.7 Å². The summed E-state index contributed by atoms with van der Waals surface area (Å²) in [6, 6.07) is 9.11. The number of ether oxygens (including phenoxy) is 3. The highest BCUT2D eigenvalue weighted by Crippen LogP contribution is 2.38. The molecule has 1 aromatic heterocycles. The van der Waals surface area contributed by atoms with Crippen LogP contribution in [0.2, 0.25) is 0 Å². The van der Waals surface area contributed by atoms with Crippen LogP contribution in [0, 0.1) is 0 Å². The average molecular weight is 382 g/mol. The molecule has 7 heteroatoms. The van der Waals surface area contributed by atoms with Gasteiger partial charge < -0.3 is 23.7 Å². The highest BCUT2D eigenvalue weighted by Gasteiger charge is 2.14. The van der Waals surface area contributed by atoms with Crippen molar-refractivity contribution in [2.75, 3.05) is 21.3 Å². The van der Waals surface area contributed by atoms with Crippen molar-refractivity contribution in [3.8, 4) is 23.0 Å². The second kappa shape index (κ2) is 7.87. The molecule has 28 heavy (non-hydrogen) atoms. The Morgan fingerprint density at radius 3 is 2.29 bits per heavy atom. The summed E-state index contributed by atoms with van der Waals surface area (Å²) in [4.78, 5) is 24.6. The highest BCUT2D eigenvalue weighted by atomic mass is 16.5. The van der Waals surface area contributed by atoms with Crippen LogP contribution in [0.1, 0.15) is 15.9 Å². The van der Waals surface area contributed by atoms with Crippen LogP contribution in [0.4, 0.5) is 0 Å². The first-order chi connectivity index (χ1) is 13.5. The van der Waals surface area contributed by atoms with Gasteiger partial charge in [-0.3, -0.25) is 4.79 Å². The summed E-state index contributed by atoms with van der Waals surface area (Å²) in [5.41, 5.74) is -0.0624. The summed E-state index contributed by atoms with van der Waals surface area (Å²) < 4.78 is 20.9. The number of hydrogen-bond acceptors (Lipinski definition) is 7. The third-order valence-electron chi connectivity index (χ3n) is 4.10. The molecule has 0 saturated heterocycles. The van der Waals surface area contributed by atoms with Crippen molar-refractivity contribution >= 4 is 22.8 Å². The maximum Gasteiger partial charge on any atom is 0.347 e. The number of aromatic hydroxyl groups is 1. The fraction of sp³-hybridized carbons (Fsp3) is 0.143. The second-order valence-corrected chi connectivity index (χ2v) is 5.83. The number of benzene rings is 2. The monoisotopic (exact) mass is 382 g/mol. The largest absolute Gasteiger partial charge is 0.508 e. The molecule has 3 aromatic rings. The van der Waals surface area contributed by atoms with Gasteiger partial charge in [0.25, 0.3) is 0 Å². The number of phenolic OH excluding ortho intramolecular Hbond substituents is 1. The summed E-state index contributed by atoms with van der Waals surface area (Å²) in [7, 11) is 4.49. The van der Waals surface area contributed by atoms with E-state index in [0.717, 1.165) is 0 Å². The van der Waals surface area contributed by atoms with Crippen LogP contribution in [0.3, 0.4) is 0 Å². The number of rotatable bonds is 6. The molecule has 0 bridgehead atoms. The van der Waals surface area contributed by atoms with Gasteiger partial charge in [-0.25, -0.2) is 4.79 Å². The first-order valence-electron chi connectivity index (χ1n) is 8.26. The lowest BCUT2D eigenvalue weighted by molar-refractivity contribution is 0.104. The van der Waals surface area contributed by atoms with Gasteiger partial charge >= 0.3 is 5.63 Å². The van der Waals surface area contributed by atoms with E-state index < -0.39 is 11.4 Å². The van der Waals surface area contributed by atoms with Gasteiger partial charge in [0.15, 0.2) is 17.3 Å². The molecule has 3 rings (SSSR count). The molecule has 1 N–H and O–H groups in total. The van der Waals surface area contributed by atoms with E-state index in [1.807, 2.05) is 0 Å². The normalized spacial score (nSPS) is 11.0. The van der Waals surface area contributed by atoms with Crippen molar-refractivity contribution in [2.24, 2.45) is 0 Å². The quantitative estimate of drug-likeness (QED) is 0.396. The maximum absolute atomic E-state index is 12.5. The van der Waals surface area contributed by atoms with Crippen LogP contribution in [-0.2, 0) is 0 Å². The number of carbonyl (C=O) groups excluding carboxylic acids is 1. The van der Waals surface area contributed by atoms with E-state index in [4.69, 9.17) is 18.6 Å². The average Bonchev–Trinajstić information content (AvgIpc) is 2.70. The third kappa shape index (κ3) is 3.68. The first-order valence-corrected chi connectivity index (χ1v) is 8.26. The van der Waals surface area contributed by atoms with Crippen molar-refractivity contribution in [3.05, 3.63) is 64.0 Å². The zero-order valence-electron chi connectivity index (χ0n) is 15.5. The van der Waals surface area contributed by atoms with Gasteiger partial charge in [-0.1, -0.05) is 6.08 Å². The Kier molecular flexibility index (Phi) is 5.35. The number of carbonyl (C=O) groups is 1. The van der Waals surface area contributed by atoms with Gasteiger partial charge in [0, 0.05) is 11.5 Å². The smallest absolute Gasteiger partial charge is 0.347 e. The lowest BCUT2D eigenvalue weighted by Crippen LogP contribution is -2.11. The molecule has 0 fully saturated rings. The molecular formula is C21H18O7. The van der Waals surface area contributed by atoms with Crippen LogP contribution in [0.15, 0.2) is 51.7 Å². The summed E-state index contributed by atoms with van der Waals surface area (Å²) in [6.07, 6.45) is 2.80. The predicted molar refractivity (Wildman–Crippen MR) is 104 cm³/mol. The fourth-order valence-electron chi connectivity index (χ4n) is 2.73. The number of methoxy groups -OCH3 is 3. The topological polar surface area (TPSA) is 95.2 Å². The van der Waals surface area contributed by atoms with Crippen molar-refractivity contribution in [3.63, 3.8) is 0 Å². The van der Waals surface area contributed by atoms with Gasteiger partial charge in [0.05, 0.1) is 21.3 Å². The van der Waals surface area contributed by atoms with Gasteiger partial charge in [-0.15, -0.1) is 0 Å². The second-order valence-electron chi connectivity index (χ2n) is 5.83. The predicted octanol–water partition coefficient (Wildman–Crippen LogP) is 3.42. The Balaban J connectivity index is 1.96. The van der Waals surface area contributed by atoms with Crippen molar-refractivity contribution in [1.29, 1.82) is 0 Å². The lowest BCUT2D eigenvalue weighted by atomic mass is 10.1. The molecule has 144 valence electrons. The molecule has 0 aliphatic heterocycles. The van der Waals surface area contributed by atoms with E-state index >= 15 is 0 Å². The van der Waals surface area contributed by atoms with Gasteiger partial charge in [-0.2, -0.15) is 0 Å². The molecule has 2 aromatic carbocycles. The van der Waals surface area contributed by atoms with Crippen molar-refractivity contribution < 1.29 is 28.5 Å². The SMILES string of the molecule is COc1cc(/C=C/C(=O)c2cc3ccc(O)cc3oc2=O)cc(OC)c1OC. The summed E-state index contributed by atoms with van der Waals surface area (Å²) in [5.74, 6) is 0.777. The summed E-state index contributed by atoms with van der Waals surface area (Å²) in [5, 5.41) is 9.99. The highest BCUT2D eigenvalue weighted by molar-refractivity contribution is 6.07. The third-order valence-corrected chi connectivity index (χ3v) is 4.10. The Hall–Kier alpha value is -3.74. The number of phenols is 1. The lowest BCUT2D eigenvalue weighted by Gasteiger charge is -2.12. The van der Waals surface area contributed by atoms with E-state index in [2.05, 4.69) is 0 Å². The maximum atomic E-state index is 12.5. The minimum Gasteiger partial charge on any atom is -0.508 e. The molecule has 0 spiro atoms. The van der Waals surface area contributed by atoms with E-state index in [9.17, 15) is 14.7 Å². The minimum atomic E-state index is -0.780. The Morgan fingerprint density at radius 2 is 1.68 bits per heavy atom. The molecule has 0 atom stereocenters. The molecule has 0 amide bonds. The van der Waals surface area contributed by atoms with Crippen LogP contribution >= 0.6 is 0 Å².